The normalized spacial score (nSPS) is 28.3. The number of fused-ring (bicyclic) bond motifs is 1. The predicted molar refractivity (Wildman–Crippen MR) is 58.3 cm³/mol. The lowest BCUT2D eigenvalue weighted by Crippen LogP contribution is -2.42. The van der Waals surface area contributed by atoms with Gasteiger partial charge in [-0.2, -0.15) is 9.35 Å². The third-order valence-electron chi connectivity index (χ3n) is 2.58. The number of hydrogen-bond acceptors (Lipinski definition) is 3. The molecule has 0 bridgehead atoms. The van der Waals surface area contributed by atoms with Crippen molar-refractivity contribution >= 4 is 19.2 Å². The van der Waals surface area contributed by atoms with Crippen molar-refractivity contribution in [3.8, 4) is 0 Å². The van der Waals surface area contributed by atoms with Crippen LogP contribution in [0.1, 0.15) is 0 Å². The molecule has 1 aromatic carbocycles. The fraction of sp³-hybridized carbons (Fsp3) is 0.333. The van der Waals surface area contributed by atoms with Crippen LogP contribution in [0.2, 0.25) is 0 Å². The average molecular weight is 248 g/mol. The van der Waals surface area contributed by atoms with E-state index < -0.39 is 19.2 Å². The molecule has 84 valence electrons. The zero-order chi connectivity index (χ0) is 11.3. The van der Waals surface area contributed by atoms with E-state index in [1.165, 1.54) is 18.4 Å². The minimum absolute atomic E-state index is 0.00162. The number of sulfone groups is 1. The first-order valence-electron chi connectivity index (χ1n) is 4.40. The fourth-order valence-electron chi connectivity index (χ4n) is 1.67. The molecule has 0 saturated carbocycles. The smallest absolute Gasteiger partial charge is 0.181 e. The number of rotatable bonds is 0. The van der Waals surface area contributed by atoms with Crippen LogP contribution in [0.4, 0.5) is 0 Å². The number of hydrogen-bond donors (Lipinski definition) is 1. The van der Waals surface area contributed by atoms with Gasteiger partial charge in [-0.1, -0.05) is 12.1 Å². The molecular weight excluding hydrogens is 236 g/mol. The zero-order valence-corrected chi connectivity index (χ0v) is 9.85. The molecule has 0 amide bonds. The first-order valence-corrected chi connectivity index (χ1v) is 8.56. The maximum Gasteiger partial charge on any atom is 0.181 e. The van der Waals surface area contributed by atoms with Crippen LogP contribution in [-0.2, 0) is 19.2 Å². The predicted octanol–water partition coefficient (Wildman–Crippen LogP) is 0.756. The highest BCUT2D eigenvalue weighted by molar-refractivity contribution is 8.16. The molecule has 0 spiro atoms. The maximum atomic E-state index is 12.2. The molecule has 2 rings (SSSR count). The van der Waals surface area contributed by atoms with Crippen molar-refractivity contribution in [3.63, 3.8) is 0 Å². The van der Waals surface area contributed by atoms with Gasteiger partial charge in [0.2, 0.25) is 0 Å². The van der Waals surface area contributed by atoms with Gasteiger partial charge in [0.25, 0.3) is 0 Å². The van der Waals surface area contributed by atoms with Crippen molar-refractivity contribution in [2.24, 2.45) is 0 Å². The first-order chi connectivity index (χ1) is 6.71. The molecule has 1 heterocycles. The summed E-state index contributed by atoms with van der Waals surface area (Å²) in [6.07, 6.45) is 1.23. The molecule has 0 radical (unpaired) electrons. The third kappa shape index (κ3) is 1.62. The van der Waals surface area contributed by atoms with E-state index in [-0.39, 0.29) is 21.3 Å². The van der Waals surface area contributed by atoms with E-state index in [1.807, 2.05) is 0 Å². The highest BCUT2D eigenvalue weighted by atomic mass is 32.3. The molecule has 0 atom stereocenters. The Kier molecular flexibility index (Phi) is 1.94. The molecule has 1 aliphatic heterocycles. The Hall–Kier alpha value is -0.720. The van der Waals surface area contributed by atoms with Crippen LogP contribution in [0.15, 0.2) is 34.1 Å². The van der Waals surface area contributed by atoms with Gasteiger partial charge >= 0.3 is 0 Å². The van der Waals surface area contributed by atoms with Crippen LogP contribution in [0.3, 0.4) is 0 Å². The van der Waals surface area contributed by atoms with Crippen LogP contribution in [0.25, 0.3) is 0 Å². The van der Waals surface area contributed by atoms with E-state index in [0.29, 0.717) is 0 Å². The van der Waals surface area contributed by atoms with Crippen LogP contribution in [-0.4, -0.2) is 34.9 Å². The van der Waals surface area contributed by atoms with Crippen molar-refractivity contribution in [1.29, 1.82) is 0 Å². The minimum Gasteiger partial charge on any atom is -0.299 e. The second-order valence-electron chi connectivity index (χ2n) is 3.95. The molecule has 0 saturated heterocycles. The summed E-state index contributed by atoms with van der Waals surface area (Å²) in [7, 11) is -7.33. The van der Waals surface area contributed by atoms with Crippen LogP contribution >= 0.6 is 0 Å². The Morgan fingerprint density at radius 3 is 2.53 bits per heavy atom. The Labute approximate surface area is 88.5 Å². The Morgan fingerprint density at radius 2 is 1.93 bits per heavy atom. The lowest BCUT2D eigenvalue weighted by molar-refractivity contribution is 0.511. The SMILES string of the molecule is CS1(=O)(O)CCS(=O)(=O)c2ccccc21. The Balaban J connectivity index is 2.88. The highest BCUT2D eigenvalue weighted by Crippen LogP contribution is 2.39. The lowest BCUT2D eigenvalue weighted by Gasteiger charge is -2.42. The molecule has 0 aliphatic carbocycles. The molecule has 0 aromatic heterocycles. The van der Waals surface area contributed by atoms with E-state index in [9.17, 15) is 17.2 Å². The summed E-state index contributed by atoms with van der Waals surface area (Å²) < 4.78 is 45.6. The third-order valence-corrected chi connectivity index (χ3v) is 7.38. The van der Waals surface area contributed by atoms with Gasteiger partial charge in [0.05, 0.1) is 21.3 Å². The second-order valence-corrected chi connectivity index (χ2v) is 9.84. The summed E-state index contributed by atoms with van der Waals surface area (Å²) in [6.45, 7) is 0. The molecule has 15 heavy (non-hydrogen) atoms. The van der Waals surface area contributed by atoms with E-state index in [4.69, 9.17) is 0 Å². The first kappa shape index (κ1) is 10.8. The summed E-state index contributed by atoms with van der Waals surface area (Å²) in [5.74, 6) is -0.473. The molecule has 1 aromatic rings. The molecule has 4 nitrogen and oxygen atoms in total. The van der Waals surface area contributed by atoms with Gasteiger partial charge in [-0.05, 0) is 12.1 Å². The zero-order valence-electron chi connectivity index (χ0n) is 8.21. The van der Waals surface area contributed by atoms with Crippen molar-refractivity contribution in [2.45, 2.75) is 9.79 Å². The number of benzene rings is 1. The Bertz CT molecular complexity index is 580. The van der Waals surface area contributed by atoms with E-state index in [0.717, 1.165) is 0 Å². The summed E-state index contributed by atoms with van der Waals surface area (Å²) in [4.78, 5) is 0.0546. The highest BCUT2D eigenvalue weighted by Gasteiger charge is 2.37. The van der Waals surface area contributed by atoms with E-state index in [2.05, 4.69) is 0 Å². The van der Waals surface area contributed by atoms with Crippen LogP contribution in [0, 0.1) is 0 Å². The van der Waals surface area contributed by atoms with Gasteiger partial charge < -0.3 is 0 Å². The van der Waals surface area contributed by atoms with Gasteiger partial charge in [0, 0.05) is 6.26 Å². The summed E-state index contributed by atoms with van der Waals surface area (Å²) in [6, 6.07) is 5.94. The van der Waals surface area contributed by atoms with Crippen LogP contribution < -0.4 is 0 Å². The van der Waals surface area contributed by atoms with Gasteiger partial charge in [0.15, 0.2) is 9.84 Å². The quantitative estimate of drug-likeness (QED) is 0.735. The monoisotopic (exact) mass is 248 g/mol. The Morgan fingerprint density at radius 1 is 1.33 bits per heavy atom. The summed E-state index contributed by atoms with van der Waals surface area (Å²) in [5, 5.41) is 0. The van der Waals surface area contributed by atoms with E-state index in [1.54, 1.807) is 12.1 Å². The van der Waals surface area contributed by atoms with Gasteiger partial charge in [-0.25, -0.2) is 12.6 Å². The van der Waals surface area contributed by atoms with Crippen molar-refractivity contribution < 1.29 is 17.2 Å². The molecule has 0 fully saturated rings. The van der Waals surface area contributed by atoms with Crippen molar-refractivity contribution in [2.75, 3.05) is 17.8 Å². The van der Waals surface area contributed by atoms with Crippen LogP contribution in [0.5, 0.6) is 0 Å². The molecule has 6 heteroatoms. The molecular formula is C9H12O4S2. The summed E-state index contributed by atoms with van der Waals surface area (Å²) in [5.41, 5.74) is 0. The minimum atomic E-state index is -3.94. The molecule has 0 unspecified atom stereocenters. The summed E-state index contributed by atoms with van der Waals surface area (Å²) >= 11 is 0. The van der Waals surface area contributed by atoms with Gasteiger partial charge in [-0.3, -0.25) is 4.55 Å². The maximum absolute atomic E-state index is 12.2. The second kappa shape index (κ2) is 2.69. The lowest BCUT2D eigenvalue weighted by atomic mass is 10.4. The standard InChI is InChI=1S/C9H12O4S2/c1-15(12,13)7-6-14(10,11)8-4-2-3-5-9(8)15/h2-5H,6-7H2,1H3,(H,12,13). The van der Waals surface area contributed by atoms with Gasteiger partial charge in [0.1, 0.15) is 0 Å². The largest absolute Gasteiger partial charge is 0.299 e. The molecule has 1 aliphatic rings. The van der Waals surface area contributed by atoms with Crippen molar-refractivity contribution in [1.82, 2.24) is 0 Å². The van der Waals surface area contributed by atoms with Gasteiger partial charge in [-0.15, -0.1) is 0 Å². The fourth-order valence-corrected chi connectivity index (χ4v) is 7.25. The molecule has 1 N–H and O–H groups in total. The topological polar surface area (TPSA) is 71.4 Å². The van der Waals surface area contributed by atoms with Crippen molar-refractivity contribution in [3.05, 3.63) is 24.3 Å². The average Bonchev–Trinajstić information content (AvgIpc) is 2.14. The van der Waals surface area contributed by atoms with E-state index >= 15 is 0 Å².